The number of benzene rings is 4. The summed E-state index contributed by atoms with van der Waals surface area (Å²) in [4.78, 5) is 0. The second-order valence-electron chi connectivity index (χ2n) is 14.2. The van der Waals surface area contributed by atoms with Crippen molar-refractivity contribution >= 4 is 0 Å². The van der Waals surface area contributed by atoms with Crippen LogP contribution in [0.15, 0.2) is 97.1 Å². The Labute approximate surface area is 275 Å². The van der Waals surface area contributed by atoms with E-state index in [0.717, 1.165) is 70.6 Å². The Balaban J connectivity index is 1.43. The van der Waals surface area contributed by atoms with E-state index in [-0.39, 0.29) is 22.3 Å². The van der Waals surface area contributed by atoms with Gasteiger partial charge in [-0.1, -0.05) is 101 Å². The second kappa shape index (κ2) is 15.1. The van der Waals surface area contributed by atoms with Gasteiger partial charge >= 0.3 is 0 Å². The van der Waals surface area contributed by atoms with Crippen LogP contribution < -0.4 is 0 Å². The fourth-order valence-electron chi connectivity index (χ4n) is 8.54. The Morgan fingerprint density at radius 2 is 0.848 bits per heavy atom. The maximum atomic E-state index is 10.3. The van der Waals surface area contributed by atoms with Crippen molar-refractivity contribution in [1.82, 2.24) is 0 Å². The van der Waals surface area contributed by atoms with Crippen LogP contribution in [0.2, 0.25) is 0 Å². The summed E-state index contributed by atoms with van der Waals surface area (Å²) in [7, 11) is 0. The molecule has 1 saturated carbocycles. The molecule has 4 aromatic rings. The van der Waals surface area contributed by atoms with Gasteiger partial charge in [0.2, 0.25) is 0 Å². The molecule has 4 nitrogen and oxygen atoms in total. The van der Waals surface area contributed by atoms with E-state index in [1.807, 2.05) is 48.5 Å². The van der Waals surface area contributed by atoms with Gasteiger partial charge in [-0.25, -0.2) is 0 Å². The van der Waals surface area contributed by atoms with Gasteiger partial charge in [0.1, 0.15) is 23.0 Å². The minimum atomic E-state index is -0.215. The largest absolute Gasteiger partial charge is 0.508 e. The highest BCUT2D eigenvalue weighted by atomic mass is 16.3. The molecular formula is C42H52O4. The number of rotatable bonds is 14. The molecule has 1 aliphatic rings. The highest BCUT2D eigenvalue weighted by Crippen LogP contribution is 2.61. The van der Waals surface area contributed by atoms with Gasteiger partial charge in [-0.05, 0) is 127 Å². The van der Waals surface area contributed by atoms with E-state index in [1.165, 1.54) is 28.7 Å². The number of phenolic OH excluding ortho intramolecular Hbond substituents is 4. The second-order valence-corrected chi connectivity index (χ2v) is 14.2. The van der Waals surface area contributed by atoms with Gasteiger partial charge in [0, 0.05) is 5.41 Å². The summed E-state index contributed by atoms with van der Waals surface area (Å²) in [6, 6.07) is 31.2. The van der Waals surface area contributed by atoms with Crippen LogP contribution >= 0.6 is 0 Å². The molecule has 5 rings (SSSR count). The number of phenols is 4. The van der Waals surface area contributed by atoms with Crippen LogP contribution in [0.1, 0.15) is 100 Å². The predicted octanol–water partition coefficient (Wildman–Crippen LogP) is 10.5. The van der Waals surface area contributed by atoms with Crippen LogP contribution in [0.4, 0.5) is 0 Å². The Kier molecular flexibility index (Phi) is 11.0. The standard InChI is InChI=1S/C42H52O4/c1-31(29-33-9-17-37(43)18-10-33)7-5-26-41(27-6-8-32(2)30-34-11-19-38(44)20-12-34)25-3-4-28-42(41,35-13-21-39(45)22-14-35)36-15-23-40(46)24-16-36/h9-24,31-32,43-46H,3-8,25-30H2,1-2H3. The number of hydrogen-bond acceptors (Lipinski definition) is 4. The van der Waals surface area contributed by atoms with E-state index in [2.05, 4.69) is 38.1 Å². The van der Waals surface area contributed by atoms with Gasteiger partial charge in [-0.3, -0.25) is 0 Å². The summed E-state index contributed by atoms with van der Waals surface area (Å²) in [5.41, 5.74) is 4.89. The normalized spacial score (nSPS) is 19.0. The number of aromatic hydroxyl groups is 4. The van der Waals surface area contributed by atoms with E-state index >= 15 is 0 Å². The van der Waals surface area contributed by atoms with E-state index in [9.17, 15) is 20.4 Å². The lowest BCUT2D eigenvalue weighted by Gasteiger charge is -2.56. The van der Waals surface area contributed by atoms with Gasteiger partial charge < -0.3 is 20.4 Å². The monoisotopic (exact) mass is 620 g/mol. The lowest BCUT2D eigenvalue weighted by Crippen LogP contribution is -2.49. The molecule has 46 heavy (non-hydrogen) atoms. The lowest BCUT2D eigenvalue weighted by molar-refractivity contribution is 0.0544. The van der Waals surface area contributed by atoms with Gasteiger partial charge in [0.25, 0.3) is 0 Å². The molecule has 4 heteroatoms. The summed E-state index contributed by atoms with van der Waals surface area (Å²) in [6.45, 7) is 4.69. The molecule has 0 heterocycles. The van der Waals surface area contributed by atoms with Gasteiger partial charge in [0.15, 0.2) is 0 Å². The molecule has 0 aliphatic heterocycles. The van der Waals surface area contributed by atoms with Crippen LogP contribution in [-0.2, 0) is 18.3 Å². The van der Waals surface area contributed by atoms with Crippen LogP contribution in [0, 0.1) is 17.3 Å². The van der Waals surface area contributed by atoms with Crippen molar-refractivity contribution in [1.29, 1.82) is 0 Å². The Morgan fingerprint density at radius 1 is 0.500 bits per heavy atom. The smallest absolute Gasteiger partial charge is 0.115 e. The minimum absolute atomic E-state index is 0.0374. The Hall–Kier alpha value is -3.92. The van der Waals surface area contributed by atoms with Crippen LogP contribution in [0.25, 0.3) is 0 Å². The Morgan fingerprint density at radius 3 is 1.24 bits per heavy atom. The van der Waals surface area contributed by atoms with E-state index in [4.69, 9.17) is 0 Å². The van der Waals surface area contributed by atoms with Crippen LogP contribution in [0.3, 0.4) is 0 Å². The zero-order chi connectivity index (χ0) is 32.6. The third kappa shape index (κ3) is 7.89. The molecule has 0 radical (unpaired) electrons. The SMILES string of the molecule is CC(CCCC1(CCCC(C)Cc2ccc(O)cc2)CCCCC1(c1ccc(O)cc1)c1ccc(O)cc1)Cc1ccc(O)cc1. The van der Waals surface area contributed by atoms with Crippen molar-refractivity contribution < 1.29 is 20.4 Å². The number of hydrogen-bond donors (Lipinski definition) is 4. The summed E-state index contributed by atoms with van der Waals surface area (Å²) >= 11 is 0. The molecule has 1 aliphatic carbocycles. The zero-order valence-electron chi connectivity index (χ0n) is 27.7. The van der Waals surface area contributed by atoms with Crippen molar-refractivity contribution in [3.05, 3.63) is 119 Å². The lowest BCUT2D eigenvalue weighted by atomic mass is 9.48. The molecule has 0 amide bonds. The van der Waals surface area contributed by atoms with E-state index in [1.54, 1.807) is 24.3 Å². The molecule has 4 N–H and O–H groups in total. The topological polar surface area (TPSA) is 80.9 Å². The van der Waals surface area contributed by atoms with Crippen molar-refractivity contribution in [2.24, 2.45) is 17.3 Å². The molecule has 4 aromatic carbocycles. The highest BCUT2D eigenvalue weighted by Gasteiger charge is 2.53. The average molecular weight is 621 g/mol. The summed E-state index contributed by atoms with van der Waals surface area (Å²) < 4.78 is 0. The molecular weight excluding hydrogens is 568 g/mol. The molecule has 1 fully saturated rings. The van der Waals surface area contributed by atoms with Crippen molar-refractivity contribution in [3.8, 4) is 23.0 Å². The molecule has 0 saturated heterocycles. The maximum absolute atomic E-state index is 10.3. The first-order valence-corrected chi connectivity index (χ1v) is 17.3. The highest BCUT2D eigenvalue weighted by molar-refractivity contribution is 5.46. The molecule has 0 aromatic heterocycles. The first-order valence-electron chi connectivity index (χ1n) is 17.3. The maximum Gasteiger partial charge on any atom is 0.115 e. The van der Waals surface area contributed by atoms with Crippen molar-refractivity contribution in [3.63, 3.8) is 0 Å². The molecule has 2 atom stereocenters. The first-order chi connectivity index (χ1) is 22.2. The average Bonchev–Trinajstić information content (AvgIpc) is 3.04. The van der Waals surface area contributed by atoms with Crippen molar-refractivity contribution in [2.45, 2.75) is 96.3 Å². The zero-order valence-corrected chi connectivity index (χ0v) is 27.7. The first kappa shape index (κ1) is 33.4. The summed E-state index contributed by atoms with van der Waals surface area (Å²) in [5.74, 6) is 2.27. The van der Waals surface area contributed by atoms with Gasteiger partial charge in [-0.2, -0.15) is 0 Å². The quantitative estimate of drug-likeness (QED) is 0.113. The summed E-state index contributed by atoms with van der Waals surface area (Å²) in [6.07, 6.45) is 13.4. The molecule has 244 valence electrons. The summed E-state index contributed by atoms with van der Waals surface area (Å²) in [5, 5.41) is 40.0. The molecule has 2 unspecified atom stereocenters. The van der Waals surface area contributed by atoms with E-state index in [0.29, 0.717) is 23.3 Å². The Bertz CT molecular complexity index is 1380. The third-order valence-corrected chi connectivity index (χ3v) is 10.8. The molecule has 0 bridgehead atoms. The predicted molar refractivity (Wildman–Crippen MR) is 188 cm³/mol. The van der Waals surface area contributed by atoms with E-state index < -0.39 is 0 Å². The van der Waals surface area contributed by atoms with Crippen LogP contribution in [0.5, 0.6) is 23.0 Å². The fourth-order valence-corrected chi connectivity index (χ4v) is 8.54. The fraction of sp³-hybridized carbons (Fsp3) is 0.429. The van der Waals surface area contributed by atoms with Crippen LogP contribution in [-0.4, -0.2) is 20.4 Å². The van der Waals surface area contributed by atoms with Gasteiger partial charge in [-0.15, -0.1) is 0 Å². The van der Waals surface area contributed by atoms with Gasteiger partial charge in [0.05, 0.1) is 0 Å². The van der Waals surface area contributed by atoms with Crippen molar-refractivity contribution in [2.75, 3.05) is 0 Å². The molecule has 0 spiro atoms. The minimum Gasteiger partial charge on any atom is -0.508 e. The third-order valence-electron chi connectivity index (χ3n) is 10.8.